The van der Waals surface area contributed by atoms with Crippen LogP contribution in [0.15, 0.2) is 47.1 Å². The van der Waals surface area contributed by atoms with E-state index < -0.39 is 17.8 Å². The number of halogens is 2. The van der Waals surface area contributed by atoms with E-state index in [2.05, 4.69) is 25.7 Å². The fraction of sp³-hybridized carbons (Fsp3) is 0.217. The molecular weight excluding hydrogens is 559 g/mol. The zero-order valence-corrected chi connectivity index (χ0v) is 22.5. The predicted octanol–water partition coefficient (Wildman–Crippen LogP) is 6.31. The topological polar surface area (TPSA) is 122 Å². The van der Waals surface area contributed by atoms with Crippen LogP contribution < -0.4 is 10.6 Å². The smallest absolute Gasteiger partial charge is 0.304 e. The average Bonchev–Trinajstić information content (AvgIpc) is 3.22. The SMILES string of the molecule is CCC(C(=O)Nc1ccc2ncnc(Nc3ccc(F)c(Cl)c3)c2c1)n1nc(SCCC(=O)O)sc1=S. The zero-order valence-electron chi connectivity index (χ0n) is 19.3. The Kier molecular flexibility index (Phi) is 8.69. The number of aromatic nitrogens is 4. The van der Waals surface area contributed by atoms with Gasteiger partial charge in [-0.25, -0.2) is 19.0 Å². The minimum Gasteiger partial charge on any atom is -0.481 e. The Hall–Kier alpha value is -3.13. The number of hydrogen-bond acceptors (Lipinski definition) is 9. The van der Waals surface area contributed by atoms with Crippen LogP contribution in [0.5, 0.6) is 0 Å². The fourth-order valence-corrected chi connectivity index (χ4v) is 5.99. The van der Waals surface area contributed by atoms with Crippen LogP contribution in [-0.2, 0) is 9.59 Å². The number of aliphatic carboxylic acids is 1. The Balaban J connectivity index is 1.54. The molecule has 0 radical (unpaired) electrons. The lowest BCUT2D eigenvalue weighted by molar-refractivity contribution is -0.136. The predicted molar refractivity (Wildman–Crippen MR) is 146 cm³/mol. The zero-order chi connectivity index (χ0) is 26.5. The van der Waals surface area contributed by atoms with E-state index in [1.807, 2.05) is 6.92 Å². The third kappa shape index (κ3) is 6.60. The first-order valence-corrected chi connectivity index (χ1v) is 13.6. The third-order valence-electron chi connectivity index (χ3n) is 5.16. The molecule has 2 aromatic carbocycles. The molecule has 9 nitrogen and oxygen atoms in total. The second-order valence-electron chi connectivity index (χ2n) is 7.69. The molecule has 0 aliphatic rings. The van der Waals surface area contributed by atoms with Gasteiger partial charge in [0.25, 0.3) is 0 Å². The number of fused-ring (bicyclic) bond motifs is 1. The highest BCUT2D eigenvalue weighted by molar-refractivity contribution is 8.01. The van der Waals surface area contributed by atoms with Crippen molar-refractivity contribution in [2.75, 3.05) is 16.4 Å². The maximum atomic E-state index is 13.5. The molecule has 0 bridgehead atoms. The first-order valence-electron chi connectivity index (χ1n) is 11.0. The summed E-state index contributed by atoms with van der Waals surface area (Å²) in [7, 11) is 0. The number of benzene rings is 2. The van der Waals surface area contributed by atoms with Crippen molar-refractivity contribution in [1.29, 1.82) is 0 Å². The molecule has 0 fully saturated rings. The standard InChI is InChI=1S/C23H20ClFN6O3S3/c1-2-18(31-23(35)37-22(30-31)36-8-7-19(32)33)21(34)29-12-4-6-17-14(9-12)20(27-11-26-17)28-13-3-5-16(25)15(24)10-13/h3-6,9-11,18H,2,7-8H2,1H3,(H,29,34)(H,32,33)(H,26,27,28). The van der Waals surface area contributed by atoms with Crippen molar-refractivity contribution in [3.8, 4) is 0 Å². The van der Waals surface area contributed by atoms with Crippen molar-refractivity contribution in [3.05, 3.63) is 57.5 Å². The minimum absolute atomic E-state index is 0.00538. The average molecular weight is 579 g/mol. The number of carboxylic acid groups (broad SMARTS) is 1. The second-order valence-corrected chi connectivity index (χ2v) is 11.1. The van der Waals surface area contributed by atoms with Gasteiger partial charge in [-0.3, -0.25) is 9.59 Å². The van der Waals surface area contributed by atoms with Gasteiger partial charge in [0.05, 0.1) is 17.0 Å². The van der Waals surface area contributed by atoms with Gasteiger partial charge in [0.15, 0.2) is 8.29 Å². The molecule has 1 unspecified atom stereocenters. The number of anilines is 3. The number of carboxylic acids is 1. The Bertz CT molecular complexity index is 1530. The van der Waals surface area contributed by atoms with Crippen LogP contribution in [-0.4, -0.2) is 42.5 Å². The molecule has 37 heavy (non-hydrogen) atoms. The lowest BCUT2D eigenvalue weighted by Crippen LogP contribution is -2.26. The van der Waals surface area contributed by atoms with E-state index in [9.17, 15) is 14.0 Å². The molecule has 0 spiro atoms. The molecule has 0 aliphatic carbocycles. The number of amides is 1. The molecular formula is C23H20ClFN6O3S3. The van der Waals surface area contributed by atoms with Crippen LogP contribution >= 0.6 is 46.9 Å². The molecule has 4 aromatic rings. The maximum absolute atomic E-state index is 13.5. The number of nitrogens with one attached hydrogen (secondary N) is 2. The summed E-state index contributed by atoms with van der Waals surface area (Å²) in [5.41, 5.74) is 1.70. The van der Waals surface area contributed by atoms with Crippen LogP contribution in [0.3, 0.4) is 0 Å². The Labute approximate surface area is 229 Å². The van der Waals surface area contributed by atoms with Gasteiger partial charge in [0.1, 0.15) is 24.0 Å². The van der Waals surface area contributed by atoms with Gasteiger partial charge in [-0.1, -0.05) is 41.6 Å². The van der Waals surface area contributed by atoms with E-state index in [0.717, 1.165) is 0 Å². The van der Waals surface area contributed by atoms with Gasteiger partial charge in [-0.2, -0.15) is 5.10 Å². The first kappa shape index (κ1) is 26.9. The highest BCUT2D eigenvalue weighted by Crippen LogP contribution is 2.29. The molecule has 0 aliphatic heterocycles. The van der Waals surface area contributed by atoms with E-state index in [1.165, 1.54) is 52.3 Å². The van der Waals surface area contributed by atoms with Crippen molar-refractivity contribution < 1.29 is 19.1 Å². The summed E-state index contributed by atoms with van der Waals surface area (Å²) in [6.07, 6.45) is 1.85. The van der Waals surface area contributed by atoms with Crippen LogP contribution in [0.4, 0.5) is 21.6 Å². The second kappa shape index (κ2) is 11.9. The molecule has 0 saturated heterocycles. The summed E-state index contributed by atoms with van der Waals surface area (Å²) in [4.78, 5) is 32.5. The summed E-state index contributed by atoms with van der Waals surface area (Å²) < 4.78 is 16.1. The van der Waals surface area contributed by atoms with Gasteiger partial charge in [0, 0.05) is 22.5 Å². The quantitative estimate of drug-likeness (QED) is 0.147. The molecule has 1 atom stereocenters. The number of thioether (sulfide) groups is 1. The third-order valence-corrected chi connectivity index (χ3v) is 7.85. The summed E-state index contributed by atoms with van der Waals surface area (Å²) in [5, 5.41) is 19.9. The van der Waals surface area contributed by atoms with Crippen molar-refractivity contribution >= 4 is 86.9 Å². The number of carbonyl (C=O) groups is 2. The molecule has 2 aromatic heterocycles. The number of carbonyl (C=O) groups excluding carboxylic acids is 1. The van der Waals surface area contributed by atoms with Crippen LogP contribution in [0.1, 0.15) is 25.8 Å². The van der Waals surface area contributed by atoms with Crippen molar-refractivity contribution in [3.63, 3.8) is 0 Å². The van der Waals surface area contributed by atoms with E-state index in [1.54, 1.807) is 18.2 Å². The summed E-state index contributed by atoms with van der Waals surface area (Å²) in [5.74, 6) is -0.897. The number of hydrogen-bond donors (Lipinski definition) is 3. The van der Waals surface area contributed by atoms with Gasteiger partial charge in [0.2, 0.25) is 5.91 Å². The van der Waals surface area contributed by atoms with Gasteiger partial charge < -0.3 is 15.7 Å². The number of nitrogens with zero attached hydrogens (tertiary/aromatic N) is 4. The molecule has 3 N–H and O–H groups in total. The highest BCUT2D eigenvalue weighted by Gasteiger charge is 2.22. The van der Waals surface area contributed by atoms with Gasteiger partial charge >= 0.3 is 5.97 Å². The van der Waals surface area contributed by atoms with Crippen LogP contribution in [0.25, 0.3) is 10.9 Å². The highest BCUT2D eigenvalue weighted by atomic mass is 35.5. The Morgan fingerprint density at radius 2 is 2.03 bits per heavy atom. The van der Waals surface area contributed by atoms with E-state index in [0.29, 0.717) is 48.6 Å². The van der Waals surface area contributed by atoms with Crippen LogP contribution in [0.2, 0.25) is 5.02 Å². The first-order chi connectivity index (χ1) is 17.7. The lowest BCUT2D eigenvalue weighted by atomic mass is 10.1. The van der Waals surface area contributed by atoms with E-state index in [-0.39, 0.29) is 17.4 Å². The monoisotopic (exact) mass is 578 g/mol. The van der Waals surface area contributed by atoms with E-state index in [4.69, 9.17) is 28.9 Å². The summed E-state index contributed by atoms with van der Waals surface area (Å²) >= 11 is 13.8. The van der Waals surface area contributed by atoms with Gasteiger partial charge in [-0.05, 0) is 55.0 Å². The molecule has 4 rings (SSSR count). The molecule has 1 amide bonds. The largest absolute Gasteiger partial charge is 0.481 e. The Morgan fingerprint density at radius 3 is 2.76 bits per heavy atom. The minimum atomic E-state index is -0.887. The summed E-state index contributed by atoms with van der Waals surface area (Å²) in [6.45, 7) is 1.85. The summed E-state index contributed by atoms with van der Waals surface area (Å²) in [6, 6.07) is 8.81. The molecule has 2 heterocycles. The lowest BCUT2D eigenvalue weighted by Gasteiger charge is -2.16. The van der Waals surface area contributed by atoms with Crippen molar-refractivity contribution in [2.24, 2.45) is 0 Å². The van der Waals surface area contributed by atoms with Gasteiger partial charge in [-0.15, -0.1) is 0 Å². The van der Waals surface area contributed by atoms with Crippen LogP contribution in [0, 0.1) is 9.77 Å². The molecule has 0 saturated carbocycles. The maximum Gasteiger partial charge on any atom is 0.304 e. The van der Waals surface area contributed by atoms with Crippen molar-refractivity contribution in [1.82, 2.24) is 19.7 Å². The molecule has 192 valence electrons. The fourth-order valence-electron chi connectivity index (χ4n) is 3.39. The van der Waals surface area contributed by atoms with Crippen molar-refractivity contribution in [2.45, 2.75) is 30.1 Å². The Morgan fingerprint density at radius 1 is 1.24 bits per heavy atom. The number of rotatable bonds is 10. The molecule has 14 heteroatoms. The van der Waals surface area contributed by atoms with E-state index >= 15 is 0 Å². The normalized spacial score (nSPS) is 11.9.